The molecule has 0 saturated heterocycles. The van der Waals surface area contributed by atoms with Crippen LogP contribution in [0.5, 0.6) is 0 Å². The molecule has 0 radical (unpaired) electrons. The Kier molecular flexibility index (Phi) is 5.51. The lowest BCUT2D eigenvalue weighted by Gasteiger charge is -2.11. The lowest BCUT2D eigenvalue weighted by molar-refractivity contribution is 0.0951. The first kappa shape index (κ1) is 19.7. The van der Waals surface area contributed by atoms with Gasteiger partial charge in [-0.3, -0.25) is 14.9 Å². The van der Waals surface area contributed by atoms with Crippen molar-refractivity contribution in [3.05, 3.63) is 83.5 Å². The van der Waals surface area contributed by atoms with Crippen molar-refractivity contribution >= 4 is 63.1 Å². The topological polar surface area (TPSA) is 96.5 Å². The van der Waals surface area contributed by atoms with E-state index in [0.29, 0.717) is 17.0 Å². The first-order valence-electron chi connectivity index (χ1n) is 8.75. The Morgan fingerprint density at radius 1 is 0.900 bits per heavy atom. The van der Waals surface area contributed by atoms with Gasteiger partial charge in [0.2, 0.25) is 0 Å². The number of anilines is 2. The molecule has 0 aliphatic rings. The van der Waals surface area contributed by atoms with E-state index >= 15 is 0 Å². The molecule has 9 heteroatoms. The van der Waals surface area contributed by atoms with Gasteiger partial charge in [0.25, 0.3) is 11.8 Å². The van der Waals surface area contributed by atoms with Gasteiger partial charge in [0.15, 0.2) is 16.6 Å². The highest BCUT2D eigenvalue weighted by Crippen LogP contribution is 2.26. The molecule has 0 fully saturated rings. The molecule has 150 valence electrons. The van der Waals surface area contributed by atoms with Gasteiger partial charge < -0.3 is 19.5 Å². The Labute approximate surface area is 181 Å². The largest absolute Gasteiger partial charge is 0.459 e. The minimum atomic E-state index is -0.475. The standard InChI is InChI=1S/C21H14ClN3O4S/c22-14-11-13(7-8-15(14)24-19(26)17-6-3-9-28-17)23-21(30)25-20(27)18-10-12-4-1-2-5-16(12)29-18/h1-11H,(H,24,26)(H2,23,25,27,30). The van der Waals surface area contributed by atoms with E-state index in [1.807, 2.05) is 18.2 Å². The molecular formula is C21H14ClN3O4S. The molecular weight excluding hydrogens is 426 g/mol. The fourth-order valence-electron chi connectivity index (χ4n) is 2.71. The van der Waals surface area contributed by atoms with Gasteiger partial charge in [-0.15, -0.1) is 0 Å². The second-order valence-electron chi connectivity index (χ2n) is 6.18. The molecule has 0 bridgehead atoms. The van der Waals surface area contributed by atoms with E-state index in [4.69, 9.17) is 32.7 Å². The molecule has 2 aromatic carbocycles. The van der Waals surface area contributed by atoms with Crippen molar-refractivity contribution in [2.45, 2.75) is 0 Å². The van der Waals surface area contributed by atoms with Gasteiger partial charge in [-0.25, -0.2) is 0 Å². The second-order valence-corrected chi connectivity index (χ2v) is 7.00. The van der Waals surface area contributed by atoms with Gasteiger partial charge in [0.05, 0.1) is 17.0 Å². The van der Waals surface area contributed by atoms with E-state index in [9.17, 15) is 9.59 Å². The fraction of sp³-hybridized carbons (Fsp3) is 0. The Balaban J connectivity index is 1.38. The van der Waals surface area contributed by atoms with E-state index in [1.165, 1.54) is 6.26 Å². The molecule has 7 nitrogen and oxygen atoms in total. The van der Waals surface area contributed by atoms with Crippen molar-refractivity contribution in [3.8, 4) is 0 Å². The lowest BCUT2D eigenvalue weighted by Crippen LogP contribution is -2.33. The van der Waals surface area contributed by atoms with Gasteiger partial charge in [-0.2, -0.15) is 0 Å². The Hall–Kier alpha value is -3.62. The Morgan fingerprint density at radius 3 is 2.47 bits per heavy atom. The predicted molar refractivity (Wildman–Crippen MR) is 118 cm³/mol. The molecule has 4 aromatic rings. The molecule has 0 unspecified atom stereocenters. The number of fused-ring (bicyclic) bond motifs is 1. The van der Waals surface area contributed by atoms with Crippen LogP contribution >= 0.6 is 23.8 Å². The van der Waals surface area contributed by atoms with Gasteiger partial charge in [-0.05, 0) is 54.7 Å². The van der Waals surface area contributed by atoms with Crippen LogP contribution < -0.4 is 16.0 Å². The molecule has 2 aromatic heterocycles. The van der Waals surface area contributed by atoms with Gasteiger partial charge in [0.1, 0.15) is 5.58 Å². The second kappa shape index (κ2) is 8.40. The molecule has 4 rings (SSSR count). The lowest BCUT2D eigenvalue weighted by atomic mass is 10.2. The fourth-order valence-corrected chi connectivity index (χ4v) is 3.15. The Bertz CT molecular complexity index is 1220. The molecule has 0 atom stereocenters. The molecule has 30 heavy (non-hydrogen) atoms. The van der Waals surface area contributed by atoms with Crippen molar-refractivity contribution in [3.63, 3.8) is 0 Å². The SMILES string of the molecule is O=C(Nc1ccc(NC(=S)NC(=O)c2cc3ccccc3o2)cc1Cl)c1ccco1. The number of para-hydroxylation sites is 1. The summed E-state index contributed by atoms with van der Waals surface area (Å²) >= 11 is 11.4. The zero-order valence-electron chi connectivity index (χ0n) is 15.3. The van der Waals surface area contributed by atoms with Crippen LogP contribution in [-0.4, -0.2) is 16.9 Å². The normalized spacial score (nSPS) is 10.6. The quantitative estimate of drug-likeness (QED) is 0.385. The van der Waals surface area contributed by atoms with Crippen molar-refractivity contribution in [1.29, 1.82) is 0 Å². The summed E-state index contributed by atoms with van der Waals surface area (Å²) in [7, 11) is 0. The highest BCUT2D eigenvalue weighted by molar-refractivity contribution is 7.80. The molecule has 0 spiro atoms. The minimum Gasteiger partial charge on any atom is -0.459 e. The zero-order valence-corrected chi connectivity index (χ0v) is 16.8. The van der Waals surface area contributed by atoms with Crippen LogP contribution in [-0.2, 0) is 0 Å². The van der Waals surface area contributed by atoms with Gasteiger partial charge in [0, 0.05) is 11.1 Å². The number of nitrogens with one attached hydrogen (secondary N) is 3. The van der Waals surface area contributed by atoms with Crippen LogP contribution in [0, 0.1) is 0 Å². The monoisotopic (exact) mass is 439 g/mol. The van der Waals surface area contributed by atoms with Crippen molar-refractivity contribution in [1.82, 2.24) is 5.32 Å². The summed E-state index contributed by atoms with van der Waals surface area (Å²) in [5, 5.41) is 9.25. The zero-order chi connectivity index (χ0) is 21.1. The molecule has 0 saturated carbocycles. The van der Waals surface area contributed by atoms with Gasteiger partial charge >= 0.3 is 0 Å². The number of furan rings is 2. The van der Waals surface area contributed by atoms with E-state index in [0.717, 1.165) is 5.39 Å². The maximum atomic E-state index is 12.4. The van der Waals surface area contributed by atoms with Crippen molar-refractivity contribution in [2.75, 3.05) is 10.6 Å². The molecule has 2 heterocycles. The predicted octanol–water partition coefficient (Wildman–Crippen LogP) is 5.06. The van der Waals surface area contributed by atoms with Crippen LogP contribution in [0.2, 0.25) is 5.02 Å². The smallest absolute Gasteiger partial charge is 0.293 e. The van der Waals surface area contributed by atoms with Crippen LogP contribution in [0.3, 0.4) is 0 Å². The summed E-state index contributed by atoms with van der Waals surface area (Å²) in [5.74, 6) is -0.578. The van der Waals surface area contributed by atoms with Crippen LogP contribution in [0.25, 0.3) is 11.0 Å². The van der Waals surface area contributed by atoms with E-state index < -0.39 is 11.8 Å². The number of hydrogen-bond acceptors (Lipinski definition) is 5. The summed E-state index contributed by atoms with van der Waals surface area (Å²) < 4.78 is 10.6. The number of halogens is 1. The summed E-state index contributed by atoms with van der Waals surface area (Å²) in [6.07, 6.45) is 1.41. The van der Waals surface area contributed by atoms with E-state index in [2.05, 4.69) is 16.0 Å². The average Bonchev–Trinajstić information content (AvgIpc) is 3.39. The van der Waals surface area contributed by atoms with E-state index in [-0.39, 0.29) is 21.7 Å². The Morgan fingerprint density at radius 2 is 1.73 bits per heavy atom. The third-order valence-corrected chi connectivity index (χ3v) is 4.61. The third-order valence-electron chi connectivity index (χ3n) is 4.10. The maximum absolute atomic E-state index is 12.4. The average molecular weight is 440 g/mol. The summed E-state index contributed by atoms with van der Waals surface area (Å²) in [6, 6.07) is 16.9. The minimum absolute atomic E-state index is 0.0730. The van der Waals surface area contributed by atoms with Gasteiger partial charge in [-0.1, -0.05) is 29.8 Å². The summed E-state index contributed by atoms with van der Waals surface area (Å²) in [5.41, 5.74) is 1.55. The third kappa shape index (κ3) is 4.35. The first-order chi connectivity index (χ1) is 14.5. The van der Waals surface area contributed by atoms with Crippen molar-refractivity contribution in [2.24, 2.45) is 0 Å². The number of thiocarbonyl (C=S) groups is 1. The molecule has 0 aliphatic carbocycles. The number of carbonyl (C=O) groups is 2. The van der Waals surface area contributed by atoms with Crippen LogP contribution in [0.15, 0.2) is 75.8 Å². The highest BCUT2D eigenvalue weighted by atomic mass is 35.5. The van der Waals surface area contributed by atoms with Crippen molar-refractivity contribution < 1.29 is 18.4 Å². The summed E-state index contributed by atoms with van der Waals surface area (Å²) in [6.45, 7) is 0. The molecule has 0 aliphatic heterocycles. The van der Waals surface area contributed by atoms with Crippen LogP contribution in [0.4, 0.5) is 11.4 Å². The highest BCUT2D eigenvalue weighted by Gasteiger charge is 2.15. The maximum Gasteiger partial charge on any atom is 0.293 e. The van der Waals surface area contributed by atoms with Crippen LogP contribution in [0.1, 0.15) is 21.1 Å². The number of rotatable bonds is 4. The van der Waals surface area contributed by atoms with E-state index in [1.54, 1.807) is 42.5 Å². The first-order valence-corrected chi connectivity index (χ1v) is 9.53. The number of benzene rings is 2. The molecule has 2 amide bonds. The number of amides is 2. The summed E-state index contributed by atoms with van der Waals surface area (Å²) in [4.78, 5) is 24.4. The number of carbonyl (C=O) groups excluding carboxylic acids is 2. The molecule has 3 N–H and O–H groups in total. The number of hydrogen-bond donors (Lipinski definition) is 3.